The summed E-state index contributed by atoms with van der Waals surface area (Å²) in [6, 6.07) is 8.48. The number of benzene rings is 1. The Hall–Kier alpha value is -1.14. The minimum absolute atomic E-state index is 0.0376. The maximum atomic E-state index is 11.0. The topological polar surface area (TPSA) is 87.0 Å². The Morgan fingerprint density at radius 2 is 1.80 bits per heavy atom. The van der Waals surface area contributed by atoms with Crippen LogP contribution in [0, 0.1) is 0 Å². The summed E-state index contributed by atoms with van der Waals surface area (Å²) in [6.07, 6.45) is -3.84. The molecule has 0 aromatic heterocycles. The molecule has 0 heterocycles. The number of hydrogen-bond donors (Lipinski definition) is 3. The lowest BCUT2D eigenvalue weighted by Gasteiger charge is -2.26. The summed E-state index contributed by atoms with van der Waals surface area (Å²) in [5.41, 5.74) is 0.482. The Balaban J connectivity index is 2.57. The lowest BCUT2D eigenvalue weighted by Crippen LogP contribution is -2.38. The molecule has 0 spiro atoms. The van der Waals surface area contributed by atoms with Crippen molar-refractivity contribution >= 4 is 17.6 Å². The molecule has 0 aliphatic rings. The second kappa shape index (κ2) is 8.21. The lowest BCUT2D eigenvalue weighted by molar-refractivity contribution is -0.140. The average molecular weight is 303 g/mol. The number of esters is 1. The molecule has 1 aromatic rings. The molecule has 3 N–H and O–H groups in total. The molecule has 112 valence electrons. The Morgan fingerprint density at radius 1 is 1.20 bits per heavy atom. The van der Waals surface area contributed by atoms with Crippen LogP contribution in [0.3, 0.4) is 0 Å². The predicted molar refractivity (Wildman–Crippen MR) is 74.3 cm³/mol. The van der Waals surface area contributed by atoms with Crippen molar-refractivity contribution in [2.75, 3.05) is 7.11 Å². The summed E-state index contributed by atoms with van der Waals surface area (Å²) >= 11 is 5.93. The standard InChI is InChI=1S/C14H19ClO5/c1-20-11(16)8-7-10(15)13(18)14(19)12(17)9-5-3-2-4-6-9/h2-6,10,12-14,17-19H,7-8H2,1H3/t10-,12-,13-,14-/m1/s1. The number of hydrogen-bond acceptors (Lipinski definition) is 5. The molecule has 5 nitrogen and oxygen atoms in total. The highest BCUT2D eigenvalue weighted by molar-refractivity contribution is 6.21. The van der Waals surface area contributed by atoms with Crippen molar-refractivity contribution in [2.24, 2.45) is 0 Å². The average Bonchev–Trinajstić information content (AvgIpc) is 2.50. The normalized spacial score (nSPS) is 17.1. The molecule has 1 aromatic carbocycles. The Bertz CT molecular complexity index is 411. The first kappa shape index (κ1) is 16.9. The Kier molecular flexibility index (Phi) is 6.95. The molecule has 0 unspecified atom stereocenters. The molecule has 0 saturated carbocycles. The number of alkyl halides is 1. The van der Waals surface area contributed by atoms with E-state index in [1.54, 1.807) is 30.3 Å². The number of rotatable bonds is 7. The van der Waals surface area contributed by atoms with E-state index in [4.69, 9.17) is 11.6 Å². The molecule has 0 aliphatic heterocycles. The number of aliphatic hydroxyl groups is 3. The van der Waals surface area contributed by atoms with Crippen molar-refractivity contribution in [3.63, 3.8) is 0 Å². The Morgan fingerprint density at radius 3 is 2.35 bits per heavy atom. The molecule has 1 rings (SSSR count). The van der Waals surface area contributed by atoms with Gasteiger partial charge in [0.05, 0.1) is 18.6 Å². The molecule has 20 heavy (non-hydrogen) atoms. The molecular formula is C14H19ClO5. The van der Waals surface area contributed by atoms with Gasteiger partial charge in [-0.2, -0.15) is 0 Å². The van der Waals surface area contributed by atoms with Gasteiger partial charge in [-0.1, -0.05) is 30.3 Å². The van der Waals surface area contributed by atoms with Crippen molar-refractivity contribution in [3.8, 4) is 0 Å². The van der Waals surface area contributed by atoms with Gasteiger partial charge in [-0.15, -0.1) is 11.6 Å². The first-order chi connectivity index (χ1) is 9.47. The fourth-order valence-electron chi connectivity index (χ4n) is 1.78. The molecular weight excluding hydrogens is 284 g/mol. The van der Waals surface area contributed by atoms with Crippen LogP contribution in [0.25, 0.3) is 0 Å². The fraction of sp³-hybridized carbons (Fsp3) is 0.500. The molecule has 0 radical (unpaired) electrons. The lowest BCUT2D eigenvalue weighted by atomic mass is 9.97. The number of carbonyl (C=O) groups excluding carboxylic acids is 1. The smallest absolute Gasteiger partial charge is 0.305 e. The van der Waals surface area contributed by atoms with Gasteiger partial charge in [0.15, 0.2) is 0 Å². The van der Waals surface area contributed by atoms with Gasteiger partial charge in [-0.25, -0.2) is 0 Å². The van der Waals surface area contributed by atoms with E-state index in [2.05, 4.69) is 4.74 Å². The van der Waals surface area contributed by atoms with Crippen LogP contribution in [-0.4, -0.2) is 46.0 Å². The second-order valence-electron chi connectivity index (χ2n) is 4.47. The third-order valence-electron chi connectivity index (χ3n) is 3.04. The van der Waals surface area contributed by atoms with Gasteiger partial charge in [-0.3, -0.25) is 4.79 Å². The van der Waals surface area contributed by atoms with Crippen LogP contribution in [0.2, 0.25) is 0 Å². The van der Waals surface area contributed by atoms with Crippen molar-refractivity contribution in [1.29, 1.82) is 0 Å². The number of ether oxygens (including phenoxy) is 1. The van der Waals surface area contributed by atoms with E-state index in [0.29, 0.717) is 5.56 Å². The molecule has 0 bridgehead atoms. The summed E-state index contributed by atoms with van der Waals surface area (Å²) in [6.45, 7) is 0. The van der Waals surface area contributed by atoms with Crippen LogP contribution in [-0.2, 0) is 9.53 Å². The van der Waals surface area contributed by atoms with Crippen LogP contribution >= 0.6 is 11.6 Å². The van der Waals surface area contributed by atoms with E-state index in [1.165, 1.54) is 7.11 Å². The highest BCUT2D eigenvalue weighted by Crippen LogP contribution is 2.23. The highest BCUT2D eigenvalue weighted by Gasteiger charge is 2.31. The number of methoxy groups -OCH3 is 1. The number of aliphatic hydroxyl groups excluding tert-OH is 3. The molecule has 0 aliphatic carbocycles. The zero-order chi connectivity index (χ0) is 15.1. The molecule has 4 atom stereocenters. The van der Waals surface area contributed by atoms with Gasteiger partial charge in [0.2, 0.25) is 0 Å². The second-order valence-corrected chi connectivity index (χ2v) is 5.03. The van der Waals surface area contributed by atoms with Gasteiger partial charge in [0.1, 0.15) is 12.2 Å². The van der Waals surface area contributed by atoms with Gasteiger partial charge in [-0.05, 0) is 12.0 Å². The molecule has 0 amide bonds. The first-order valence-electron chi connectivity index (χ1n) is 6.27. The maximum Gasteiger partial charge on any atom is 0.305 e. The van der Waals surface area contributed by atoms with Crippen LogP contribution in [0.15, 0.2) is 30.3 Å². The third-order valence-corrected chi connectivity index (χ3v) is 3.51. The van der Waals surface area contributed by atoms with Crippen molar-refractivity contribution in [1.82, 2.24) is 0 Å². The van der Waals surface area contributed by atoms with Crippen molar-refractivity contribution < 1.29 is 24.9 Å². The van der Waals surface area contributed by atoms with E-state index >= 15 is 0 Å². The summed E-state index contributed by atoms with van der Waals surface area (Å²) in [5.74, 6) is -0.444. The van der Waals surface area contributed by atoms with Gasteiger partial charge in [0.25, 0.3) is 0 Å². The maximum absolute atomic E-state index is 11.0. The number of carbonyl (C=O) groups is 1. The van der Waals surface area contributed by atoms with E-state index < -0.39 is 29.7 Å². The molecule has 0 saturated heterocycles. The van der Waals surface area contributed by atoms with Gasteiger partial charge in [0, 0.05) is 6.42 Å². The van der Waals surface area contributed by atoms with Crippen LogP contribution in [0.1, 0.15) is 24.5 Å². The minimum atomic E-state index is -1.43. The summed E-state index contributed by atoms with van der Waals surface area (Å²) in [5, 5.41) is 29.0. The minimum Gasteiger partial charge on any atom is -0.469 e. The zero-order valence-electron chi connectivity index (χ0n) is 11.1. The number of halogens is 1. The predicted octanol–water partition coefficient (Wildman–Crippen LogP) is 1.00. The molecule has 0 fully saturated rings. The van der Waals surface area contributed by atoms with E-state index in [1.807, 2.05) is 0 Å². The fourth-order valence-corrected chi connectivity index (χ4v) is 2.03. The third kappa shape index (κ3) is 4.76. The molecule has 6 heteroatoms. The zero-order valence-corrected chi connectivity index (χ0v) is 11.9. The highest BCUT2D eigenvalue weighted by atomic mass is 35.5. The summed E-state index contributed by atoms with van der Waals surface area (Å²) in [4.78, 5) is 11.0. The monoisotopic (exact) mass is 302 g/mol. The van der Waals surface area contributed by atoms with E-state index in [9.17, 15) is 20.1 Å². The van der Waals surface area contributed by atoms with Crippen LogP contribution < -0.4 is 0 Å². The van der Waals surface area contributed by atoms with Crippen LogP contribution in [0.5, 0.6) is 0 Å². The van der Waals surface area contributed by atoms with Gasteiger partial charge < -0.3 is 20.1 Å². The van der Waals surface area contributed by atoms with E-state index in [-0.39, 0.29) is 12.8 Å². The summed E-state index contributed by atoms with van der Waals surface area (Å²) in [7, 11) is 1.26. The first-order valence-corrected chi connectivity index (χ1v) is 6.71. The van der Waals surface area contributed by atoms with Crippen molar-refractivity contribution in [2.45, 2.75) is 36.5 Å². The Labute approximate surface area is 122 Å². The summed E-state index contributed by atoms with van der Waals surface area (Å²) < 4.78 is 4.47. The van der Waals surface area contributed by atoms with E-state index in [0.717, 1.165) is 0 Å². The van der Waals surface area contributed by atoms with Gasteiger partial charge >= 0.3 is 5.97 Å². The van der Waals surface area contributed by atoms with Crippen LogP contribution in [0.4, 0.5) is 0 Å². The van der Waals surface area contributed by atoms with Crippen molar-refractivity contribution in [3.05, 3.63) is 35.9 Å². The quantitative estimate of drug-likeness (QED) is 0.517. The SMILES string of the molecule is COC(=O)CC[C@@H](Cl)[C@@H](O)[C@H](O)[C@H](O)c1ccccc1. The largest absolute Gasteiger partial charge is 0.469 e.